The van der Waals surface area contributed by atoms with Gasteiger partial charge in [0.05, 0.1) is 12.2 Å². The minimum atomic E-state index is -0.0362. The van der Waals surface area contributed by atoms with Gasteiger partial charge in [0.1, 0.15) is 23.5 Å². The van der Waals surface area contributed by atoms with Crippen LogP contribution in [0, 0.1) is 22.7 Å². The van der Waals surface area contributed by atoms with Gasteiger partial charge >= 0.3 is 0 Å². The van der Waals surface area contributed by atoms with Crippen molar-refractivity contribution < 1.29 is 5.11 Å². The van der Waals surface area contributed by atoms with Crippen molar-refractivity contribution in [2.75, 3.05) is 18.5 Å². The molecule has 5 heteroatoms. The first-order valence-corrected chi connectivity index (χ1v) is 6.02. The number of aryl methyl sites for hydroxylation is 1. The predicted molar refractivity (Wildman–Crippen MR) is 65.9 cm³/mol. The van der Waals surface area contributed by atoms with Crippen LogP contribution in [0.5, 0.6) is 0 Å². The van der Waals surface area contributed by atoms with Crippen LogP contribution < -0.4 is 5.32 Å². The molecule has 0 spiro atoms. The molecule has 0 aliphatic heterocycles. The van der Waals surface area contributed by atoms with Gasteiger partial charge in [-0.3, -0.25) is 0 Å². The normalized spacial score (nSPS) is 13.3. The summed E-state index contributed by atoms with van der Waals surface area (Å²) in [4.78, 5) is 4.43. The Morgan fingerprint density at radius 3 is 2.56 bits per heavy atom. The first-order valence-electron chi connectivity index (χ1n) is 6.02. The topological polar surface area (TPSA) is 92.7 Å². The van der Waals surface area contributed by atoms with Gasteiger partial charge in [-0.25, -0.2) is 4.98 Å². The molecule has 92 valence electrons. The molecule has 18 heavy (non-hydrogen) atoms. The molecule has 0 amide bonds. The van der Waals surface area contributed by atoms with Crippen LogP contribution in [0.25, 0.3) is 0 Å². The number of nitriles is 2. The van der Waals surface area contributed by atoms with Crippen molar-refractivity contribution in [2.24, 2.45) is 0 Å². The molecule has 0 atom stereocenters. The largest absolute Gasteiger partial charge is 0.395 e. The van der Waals surface area contributed by atoms with Crippen molar-refractivity contribution in [3.63, 3.8) is 0 Å². The Balaban J connectivity index is 2.54. The minimum Gasteiger partial charge on any atom is -0.395 e. The van der Waals surface area contributed by atoms with Gasteiger partial charge < -0.3 is 10.4 Å². The van der Waals surface area contributed by atoms with Gasteiger partial charge in [-0.15, -0.1) is 0 Å². The summed E-state index contributed by atoms with van der Waals surface area (Å²) in [6.07, 6.45) is 3.78. The zero-order chi connectivity index (χ0) is 13.0. The molecule has 0 fully saturated rings. The molecule has 0 aromatic carbocycles. The molecule has 1 aromatic rings. The van der Waals surface area contributed by atoms with Crippen LogP contribution in [0.3, 0.4) is 0 Å². The summed E-state index contributed by atoms with van der Waals surface area (Å²) in [5.74, 6) is 0.420. The molecule has 0 bridgehead atoms. The Hall–Kier alpha value is -2.11. The number of anilines is 1. The third kappa shape index (κ3) is 2.13. The summed E-state index contributed by atoms with van der Waals surface area (Å²) in [6, 6.07) is 4.17. The van der Waals surface area contributed by atoms with Crippen molar-refractivity contribution >= 4 is 5.82 Å². The highest BCUT2D eigenvalue weighted by Gasteiger charge is 2.21. The van der Waals surface area contributed by atoms with E-state index in [0.717, 1.165) is 36.9 Å². The van der Waals surface area contributed by atoms with Crippen LogP contribution >= 0.6 is 0 Å². The van der Waals surface area contributed by atoms with Gasteiger partial charge in [-0.1, -0.05) is 0 Å². The highest BCUT2D eigenvalue weighted by atomic mass is 16.3. The second-order valence-electron chi connectivity index (χ2n) is 4.22. The van der Waals surface area contributed by atoms with Crippen LogP contribution in [-0.4, -0.2) is 23.2 Å². The molecule has 2 N–H and O–H groups in total. The van der Waals surface area contributed by atoms with E-state index < -0.39 is 0 Å². The lowest BCUT2D eigenvalue weighted by molar-refractivity contribution is 0.311. The SMILES string of the molecule is N#Cc1c(NCCO)nc2c(c1C#N)CCCC2. The second-order valence-corrected chi connectivity index (χ2v) is 4.22. The van der Waals surface area contributed by atoms with Gasteiger partial charge in [0.15, 0.2) is 0 Å². The Bertz CT molecular complexity index is 539. The number of aromatic nitrogens is 1. The van der Waals surface area contributed by atoms with E-state index in [4.69, 9.17) is 5.11 Å². The van der Waals surface area contributed by atoms with E-state index in [0.29, 0.717) is 23.5 Å². The lowest BCUT2D eigenvalue weighted by Gasteiger charge is -2.19. The smallest absolute Gasteiger partial charge is 0.145 e. The molecular weight excluding hydrogens is 228 g/mol. The number of hydrogen-bond donors (Lipinski definition) is 2. The number of nitrogens with one attached hydrogen (secondary N) is 1. The number of aliphatic hydroxyl groups is 1. The predicted octanol–water partition coefficient (Wildman–Crippen LogP) is 1.11. The molecular formula is C13H14N4O. The Labute approximate surface area is 106 Å². The fourth-order valence-electron chi connectivity index (χ4n) is 2.28. The number of rotatable bonds is 3. The van der Waals surface area contributed by atoms with Crippen molar-refractivity contribution in [1.82, 2.24) is 4.98 Å². The van der Waals surface area contributed by atoms with Crippen molar-refractivity contribution in [3.8, 4) is 12.1 Å². The molecule has 2 rings (SSSR count). The molecule has 5 nitrogen and oxygen atoms in total. The number of pyridine rings is 1. The van der Waals surface area contributed by atoms with E-state index in [2.05, 4.69) is 16.4 Å². The van der Waals surface area contributed by atoms with Gasteiger partial charge in [0.2, 0.25) is 0 Å². The summed E-state index contributed by atoms with van der Waals surface area (Å²) in [7, 11) is 0. The molecule has 1 aliphatic carbocycles. The highest BCUT2D eigenvalue weighted by molar-refractivity contribution is 5.64. The van der Waals surface area contributed by atoms with E-state index in [1.807, 2.05) is 6.07 Å². The van der Waals surface area contributed by atoms with E-state index >= 15 is 0 Å². The van der Waals surface area contributed by atoms with Crippen molar-refractivity contribution in [1.29, 1.82) is 10.5 Å². The monoisotopic (exact) mass is 242 g/mol. The lowest BCUT2D eigenvalue weighted by atomic mass is 9.90. The van der Waals surface area contributed by atoms with Crippen LogP contribution in [0.15, 0.2) is 0 Å². The highest BCUT2D eigenvalue weighted by Crippen LogP contribution is 2.28. The summed E-state index contributed by atoms with van der Waals surface area (Å²) >= 11 is 0. The molecule has 1 aliphatic rings. The summed E-state index contributed by atoms with van der Waals surface area (Å²) in [5.41, 5.74) is 2.58. The number of aliphatic hydroxyl groups excluding tert-OH is 1. The first kappa shape index (κ1) is 12.3. The third-order valence-corrected chi connectivity index (χ3v) is 3.10. The first-order chi connectivity index (χ1) is 8.81. The third-order valence-electron chi connectivity index (χ3n) is 3.10. The van der Waals surface area contributed by atoms with E-state index in [-0.39, 0.29) is 6.61 Å². The van der Waals surface area contributed by atoms with Crippen molar-refractivity contribution in [3.05, 3.63) is 22.4 Å². The maximum absolute atomic E-state index is 9.25. The van der Waals surface area contributed by atoms with Crippen LogP contribution in [0.1, 0.15) is 35.2 Å². The molecule has 0 radical (unpaired) electrons. The molecule has 0 saturated heterocycles. The number of fused-ring (bicyclic) bond motifs is 1. The van der Waals surface area contributed by atoms with Crippen molar-refractivity contribution in [2.45, 2.75) is 25.7 Å². The van der Waals surface area contributed by atoms with E-state index in [1.54, 1.807) is 0 Å². The van der Waals surface area contributed by atoms with Crippen LogP contribution in [0.2, 0.25) is 0 Å². The van der Waals surface area contributed by atoms with Crippen LogP contribution in [0.4, 0.5) is 5.82 Å². The van der Waals surface area contributed by atoms with E-state index in [9.17, 15) is 10.5 Å². The zero-order valence-corrected chi connectivity index (χ0v) is 10.0. The van der Waals surface area contributed by atoms with Gasteiger partial charge in [-0.05, 0) is 31.2 Å². The lowest BCUT2D eigenvalue weighted by Crippen LogP contribution is -2.15. The fraction of sp³-hybridized carbons (Fsp3) is 0.462. The maximum Gasteiger partial charge on any atom is 0.145 e. The molecule has 1 heterocycles. The summed E-state index contributed by atoms with van der Waals surface area (Å²) < 4.78 is 0. The maximum atomic E-state index is 9.25. The number of hydrogen-bond acceptors (Lipinski definition) is 5. The average molecular weight is 242 g/mol. The molecule has 1 aromatic heterocycles. The number of nitrogens with zero attached hydrogens (tertiary/aromatic N) is 3. The van der Waals surface area contributed by atoms with Gasteiger partial charge in [-0.2, -0.15) is 10.5 Å². The molecule has 0 saturated carbocycles. The minimum absolute atomic E-state index is 0.0362. The fourth-order valence-corrected chi connectivity index (χ4v) is 2.28. The Morgan fingerprint density at radius 2 is 1.89 bits per heavy atom. The Kier molecular flexibility index (Phi) is 3.76. The quantitative estimate of drug-likeness (QED) is 0.828. The van der Waals surface area contributed by atoms with Gasteiger partial charge in [0.25, 0.3) is 0 Å². The average Bonchev–Trinajstić information content (AvgIpc) is 2.43. The van der Waals surface area contributed by atoms with Crippen LogP contribution in [-0.2, 0) is 12.8 Å². The molecule has 0 unspecified atom stereocenters. The van der Waals surface area contributed by atoms with E-state index in [1.165, 1.54) is 0 Å². The summed E-state index contributed by atoms with van der Waals surface area (Å²) in [6.45, 7) is 0.289. The Morgan fingerprint density at radius 1 is 1.17 bits per heavy atom. The second kappa shape index (κ2) is 5.48. The van der Waals surface area contributed by atoms with Gasteiger partial charge in [0, 0.05) is 12.2 Å². The summed E-state index contributed by atoms with van der Waals surface area (Å²) in [5, 5.41) is 30.2. The standard InChI is InChI=1S/C13H14N4O/c14-7-10-9-3-1-2-4-12(9)17-13(11(10)8-15)16-5-6-18/h18H,1-6H2,(H,16,17). The zero-order valence-electron chi connectivity index (χ0n) is 10.0.